The van der Waals surface area contributed by atoms with Gasteiger partial charge in [0.1, 0.15) is 0 Å². The van der Waals surface area contributed by atoms with E-state index in [0.29, 0.717) is 0 Å². The predicted molar refractivity (Wildman–Crippen MR) is 57.1 cm³/mol. The van der Waals surface area contributed by atoms with Crippen molar-refractivity contribution in [3.05, 3.63) is 60.2 Å². The molecule has 0 aliphatic heterocycles. The van der Waals surface area contributed by atoms with E-state index >= 15 is 0 Å². The van der Waals surface area contributed by atoms with Gasteiger partial charge in [0.05, 0.1) is 11.9 Å². The van der Waals surface area contributed by atoms with Crippen LogP contribution in [0, 0.1) is 0 Å². The minimum atomic E-state index is -1.17. The quantitative estimate of drug-likeness (QED) is 0.696. The van der Waals surface area contributed by atoms with Gasteiger partial charge in [-0.3, -0.25) is 9.97 Å². The van der Waals surface area contributed by atoms with E-state index in [9.17, 15) is 19.8 Å². The second-order valence-electron chi connectivity index (χ2n) is 3.05. The summed E-state index contributed by atoms with van der Waals surface area (Å²) in [6.45, 7) is 0. The standard InChI is InChI=1S/2C6H5NO2.Co/c2*8-6(9)5-1-3-7-4-2-5;/h2*1-4H,(H,8,9);/q;;+2/p-2. The molecule has 6 nitrogen and oxygen atoms in total. The molecule has 0 bridgehead atoms. The molecule has 2 heterocycles. The summed E-state index contributed by atoms with van der Waals surface area (Å²) in [5.41, 5.74) is 0.315. The first-order valence-corrected chi connectivity index (χ1v) is 4.84. The molecule has 0 saturated carbocycles. The monoisotopic (exact) mass is 303 g/mol. The molecule has 0 fully saturated rings. The molecule has 2 aromatic rings. The first-order valence-electron chi connectivity index (χ1n) is 4.84. The van der Waals surface area contributed by atoms with Gasteiger partial charge in [-0.25, -0.2) is 0 Å². The summed E-state index contributed by atoms with van der Waals surface area (Å²) in [4.78, 5) is 27.4. The fraction of sp³-hybridized carbons (Fsp3) is 0. The maximum absolute atomic E-state index is 10.1. The summed E-state index contributed by atoms with van der Waals surface area (Å²) in [7, 11) is 0. The maximum Gasteiger partial charge on any atom is 2.00 e. The van der Waals surface area contributed by atoms with E-state index in [1.807, 2.05) is 0 Å². The number of carbonyl (C=O) groups is 2. The average Bonchev–Trinajstić information content (AvgIpc) is 2.41. The molecule has 0 aromatic carbocycles. The van der Waals surface area contributed by atoms with Gasteiger partial charge < -0.3 is 19.8 Å². The largest absolute Gasteiger partial charge is 2.00 e. The molecule has 0 aliphatic rings. The number of aromatic nitrogens is 2. The van der Waals surface area contributed by atoms with Crippen LogP contribution in [0.4, 0.5) is 0 Å². The molecule has 0 spiro atoms. The first kappa shape index (κ1) is 16.7. The molecule has 1 radical (unpaired) electrons. The molecule has 0 atom stereocenters. The number of nitrogens with zero attached hydrogens (tertiary/aromatic N) is 2. The second kappa shape index (κ2) is 8.78. The average molecular weight is 303 g/mol. The number of aromatic carboxylic acids is 2. The molecule has 19 heavy (non-hydrogen) atoms. The van der Waals surface area contributed by atoms with Crippen molar-refractivity contribution < 1.29 is 36.6 Å². The minimum Gasteiger partial charge on any atom is -0.545 e. The van der Waals surface area contributed by atoms with Gasteiger partial charge in [-0.15, -0.1) is 0 Å². The van der Waals surface area contributed by atoms with Gasteiger partial charge in [0, 0.05) is 35.9 Å². The topological polar surface area (TPSA) is 106 Å². The molecule has 0 saturated heterocycles. The third-order valence-electron chi connectivity index (χ3n) is 1.83. The van der Waals surface area contributed by atoms with Crippen LogP contribution in [0.2, 0.25) is 0 Å². The Labute approximate surface area is 119 Å². The molecular weight excluding hydrogens is 295 g/mol. The Morgan fingerprint density at radius 3 is 1.16 bits per heavy atom. The van der Waals surface area contributed by atoms with E-state index in [-0.39, 0.29) is 27.9 Å². The van der Waals surface area contributed by atoms with Crippen LogP contribution < -0.4 is 10.2 Å². The van der Waals surface area contributed by atoms with E-state index in [1.54, 1.807) is 0 Å². The van der Waals surface area contributed by atoms with Gasteiger partial charge in [0.2, 0.25) is 0 Å². The van der Waals surface area contributed by atoms with Crippen LogP contribution in [0.15, 0.2) is 49.1 Å². The smallest absolute Gasteiger partial charge is 0.545 e. The molecule has 0 aliphatic carbocycles. The van der Waals surface area contributed by atoms with E-state index in [1.165, 1.54) is 49.1 Å². The van der Waals surface area contributed by atoms with Crippen LogP contribution in [-0.2, 0) is 16.8 Å². The second-order valence-corrected chi connectivity index (χ2v) is 3.05. The van der Waals surface area contributed by atoms with Crippen molar-refractivity contribution >= 4 is 11.9 Å². The Balaban J connectivity index is 0.000000324. The van der Waals surface area contributed by atoms with Gasteiger partial charge in [-0.1, -0.05) is 0 Å². The van der Waals surface area contributed by atoms with Crippen molar-refractivity contribution in [2.45, 2.75) is 0 Å². The van der Waals surface area contributed by atoms with Crippen molar-refractivity contribution in [3.8, 4) is 0 Å². The molecule has 0 amide bonds. The third kappa shape index (κ3) is 6.29. The molecular formula is C12H8CoN2O4. The number of hydrogen-bond acceptors (Lipinski definition) is 6. The predicted octanol–water partition coefficient (Wildman–Crippen LogP) is -1.11. The SMILES string of the molecule is O=C([O-])c1ccncc1.O=C([O-])c1ccncc1.[Co+2]. The molecule has 2 rings (SSSR count). The number of carboxylic acids is 2. The number of rotatable bonds is 2. The maximum atomic E-state index is 10.1. The minimum absolute atomic E-state index is 0. The van der Waals surface area contributed by atoms with Crippen LogP contribution in [0.25, 0.3) is 0 Å². The van der Waals surface area contributed by atoms with Crippen molar-refractivity contribution in [1.82, 2.24) is 9.97 Å². The van der Waals surface area contributed by atoms with Gasteiger partial charge >= 0.3 is 16.8 Å². The number of carbonyl (C=O) groups excluding carboxylic acids is 2. The van der Waals surface area contributed by atoms with E-state index in [2.05, 4.69) is 9.97 Å². The normalized spacial score (nSPS) is 8.42. The molecule has 7 heteroatoms. The van der Waals surface area contributed by atoms with Crippen molar-refractivity contribution in [3.63, 3.8) is 0 Å². The summed E-state index contributed by atoms with van der Waals surface area (Å²) in [6.07, 6.45) is 5.63. The van der Waals surface area contributed by atoms with E-state index < -0.39 is 11.9 Å². The zero-order chi connectivity index (χ0) is 13.4. The summed E-state index contributed by atoms with van der Waals surface area (Å²) < 4.78 is 0. The summed E-state index contributed by atoms with van der Waals surface area (Å²) in [5, 5.41) is 20.1. The molecule has 2 aromatic heterocycles. The number of carboxylic acid groups (broad SMARTS) is 2. The van der Waals surface area contributed by atoms with Crippen LogP contribution in [0.1, 0.15) is 20.7 Å². The number of hydrogen-bond donors (Lipinski definition) is 0. The van der Waals surface area contributed by atoms with Gasteiger partial charge in [0.15, 0.2) is 0 Å². The third-order valence-corrected chi connectivity index (χ3v) is 1.83. The zero-order valence-corrected chi connectivity index (χ0v) is 10.5. The Bertz CT molecular complexity index is 470. The molecule has 0 N–H and O–H groups in total. The van der Waals surface area contributed by atoms with E-state index in [0.717, 1.165) is 0 Å². The van der Waals surface area contributed by atoms with E-state index in [4.69, 9.17) is 0 Å². The zero-order valence-electron chi connectivity index (χ0n) is 9.48. The summed E-state index contributed by atoms with van der Waals surface area (Å²) in [5.74, 6) is -2.34. The Morgan fingerprint density at radius 2 is 1.00 bits per heavy atom. The van der Waals surface area contributed by atoms with Crippen LogP contribution >= 0.6 is 0 Å². The van der Waals surface area contributed by atoms with Crippen LogP contribution in [0.5, 0.6) is 0 Å². The van der Waals surface area contributed by atoms with Crippen LogP contribution in [-0.4, -0.2) is 21.9 Å². The Hall–Kier alpha value is -2.25. The fourth-order valence-electron chi connectivity index (χ4n) is 0.976. The summed E-state index contributed by atoms with van der Waals surface area (Å²) in [6, 6.07) is 5.54. The van der Waals surface area contributed by atoms with Gasteiger partial charge in [-0.2, -0.15) is 0 Å². The van der Waals surface area contributed by atoms with Crippen LogP contribution in [0.3, 0.4) is 0 Å². The molecule has 99 valence electrons. The first-order chi connectivity index (χ1) is 8.61. The number of pyridine rings is 2. The fourth-order valence-corrected chi connectivity index (χ4v) is 0.976. The summed E-state index contributed by atoms with van der Waals surface area (Å²) >= 11 is 0. The Kier molecular flexibility index (Phi) is 7.74. The van der Waals surface area contributed by atoms with Crippen molar-refractivity contribution in [1.29, 1.82) is 0 Å². The molecule has 0 unspecified atom stereocenters. The van der Waals surface area contributed by atoms with Crippen molar-refractivity contribution in [2.75, 3.05) is 0 Å². The Morgan fingerprint density at radius 1 is 0.737 bits per heavy atom. The van der Waals surface area contributed by atoms with Gasteiger partial charge in [-0.05, 0) is 24.3 Å². The van der Waals surface area contributed by atoms with Crippen molar-refractivity contribution in [2.24, 2.45) is 0 Å². The van der Waals surface area contributed by atoms with Gasteiger partial charge in [0.25, 0.3) is 0 Å².